The number of carbonyl (C=O) groups excluding carboxylic acids is 1. The maximum Gasteiger partial charge on any atom is 0.573 e. The zero-order valence-electron chi connectivity index (χ0n) is 16.5. The number of carbonyl (C=O) groups is 1. The van der Waals surface area contributed by atoms with E-state index in [-0.39, 0.29) is 33.8 Å². The van der Waals surface area contributed by atoms with Crippen LogP contribution in [0.4, 0.5) is 17.6 Å². The Bertz CT molecular complexity index is 1240. The van der Waals surface area contributed by atoms with Gasteiger partial charge in [0.05, 0.1) is 16.2 Å². The van der Waals surface area contributed by atoms with Gasteiger partial charge in [-0.2, -0.15) is 0 Å². The van der Waals surface area contributed by atoms with Gasteiger partial charge in [-0.3, -0.25) is 9.78 Å². The molecule has 0 aliphatic heterocycles. The molecule has 0 atom stereocenters. The molecule has 1 heterocycles. The number of sulfone groups is 1. The standard InChI is InChI=1S/C21H16F4N2O4S/c1-32(29,30)19-10-15(22)8-6-13(19)11-27-20(28)14-7-9-17(26-12-14)16-4-2-3-5-18(16)31-21(23,24)25/h2-10,12H,11H2,1H3,(H,27,28). The molecule has 0 radical (unpaired) electrons. The number of hydrogen-bond donors (Lipinski definition) is 1. The van der Waals surface area contributed by atoms with Gasteiger partial charge in [0.2, 0.25) is 0 Å². The predicted octanol–water partition coefficient (Wildman–Crippen LogP) is 4.12. The summed E-state index contributed by atoms with van der Waals surface area (Å²) in [6.45, 7) is -0.189. The Morgan fingerprint density at radius 2 is 1.81 bits per heavy atom. The second kappa shape index (κ2) is 8.95. The van der Waals surface area contributed by atoms with E-state index >= 15 is 0 Å². The first-order valence-electron chi connectivity index (χ1n) is 9.02. The molecule has 0 aliphatic carbocycles. The van der Waals surface area contributed by atoms with Gasteiger partial charge >= 0.3 is 6.36 Å². The van der Waals surface area contributed by atoms with Crippen LogP contribution in [0.5, 0.6) is 5.75 Å². The van der Waals surface area contributed by atoms with E-state index in [1.807, 2.05) is 0 Å². The lowest BCUT2D eigenvalue weighted by molar-refractivity contribution is -0.274. The van der Waals surface area contributed by atoms with Gasteiger partial charge in [-0.05, 0) is 42.0 Å². The van der Waals surface area contributed by atoms with Crippen molar-refractivity contribution >= 4 is 15.7 Å². The first kappa shape index (κ1) is 23.2. The topological polar surface area (TPSA) is 85.4 Å². The zero-order valence-corrected chi connectivity index (χ0v) is 17.3. The SMILES string of the molecule is CS(=O)(=O)c1cc(F)ccc1CNC(=O)c1ccc(-c2ccccc2OC(F)(F)F)nc1. The molecule has 1 aromatic heterocycles. The number of rotatable bonds is 6. The largest absolute Gasteiger partial charge is 0.573 e. The van der Waals surface area contributed by atoms with Crippen molar-refractivity contribution in [1.29, 1.82) is 0 Å². The van der Waals surface area contributed by atoms with Crippen molar-refractivity contribution in [2.24, 2.45) is 0 Å². The Labute approximate surface area is 180 Å². The van der Waals surface area contributed by atoms with Crippen molar-refractivity contribution < 1.29 is 35.5 Å². The molecule has 0 saturated carbocycles. The molecule has 3 rings (SSSR count). The van der Waals surface area contributed by atoms with Crippen molar-refractivity contribution in [2.45, 2.75) is 17.8 Å². The average molecular weight is 468 g/mol. The number of benzene rings is 2. The van der Waals surface area contributed by atoms with Crippen LogP contribution >= 0.6 is 0 Å². The molecule has 11 heteroatoms. The summed E-state index contributed by atoms with van der Waals surface area (Å²) < 4.78 is 78.9. The van der Waals surface area contributed by atoms with E-state index in [4.69, 9.17) is 0 Å². The number of ether oxygens (including phenoxy) is 1. The highest BCUT2D eigenvalue weighted by atomic mass is 32.2. The lowest BCUT2D eigenvalue weighted by Gasteiger charge is -2.13. The lowest BCUT2D eigenvalue weighted by Crippen LogP contribution is -2.24. The van der Waals surface area contributed by atoms with Gasteiger partial charge in [0.25, 0.3) is 5.91 Å². The van der Waals surface area contributed by atoms with Crippen LogP contribution in [0.1, 0.15) is 15.9 Å². The summed E-state index contributed by atoms with van der Waals surface area (Å²) in [6.07, 6.45) is -2.78. The monoisotopic (exact) mass is 468 g/mol. The van der Waals surface area contributed by atoms with Gasteiger partial charge in [-0.25, -0.2) is 12.8 Å². The van der Waals surface area contributed by atoms with Crippen LogP contribution in [0.25, 0.3) is 11.3 Å². The Hall–Kier alpha value is -3.47. The fourth-order valence-corrected chi connectivity index (χ4v) is 3.82. The zero-order chi connectivity index (χ0) is 23.5. The number of amides is 1. The first-order chi connectivity index (χ1) is 14.9. The van der Waals surface area contributed by atoms with Gasteiger partial charge in [-0.15, -0.1) is 13.2 Å². The van der Waals surface area contributed by atoms with E-state index in [0.717, 1.165) is 30.7 Å². The van der Waals surface area contributed by atoms with Crippen LogP contribution < -0.4 is 10.1 Å². The van der Waals surface area contributed by atoms with Crippen molar-refractivity contribution in [2.75, 3.05) is 6.26 Å². The second-order valence-electron chi connectivity index (χ2n) is 6.68. The number of hydrogen-bond acceptors (Lipinski definition) is 5. The Kier molecular flexibility index (Phi) is 6.49. The quantitative estimate of drug-likeness (QED) is 0.550. The molecule has 3 aromatic rings. The third-order valence-electron chi connectivity index (χ3n) is 4.28. The number of alkyl halides is 3. The van der Waals surface area contributed by atoms with Gasteiger partial charge < -0.3 is 10.1 Å². The Morgan fingerprint density at radius 1 is 1.09 bits per heavy atom. The van der Waals surface area contributed by atoms with Gasteiger partial charge in [-0.1, -0.05) is 18.2 Å². The van der Waals surface area contributed by atoms with E-state index in [1.165, 1.54) is 36.4 Å². The van der Waals surface area contributed by atoms with Crippen molar-refractivity contribution in [1.82, 2.24) is 10.3 Å². The van der Waals surface area contributed by atoms with E-state index in [0.29, 0.717) is 0 Å². The van der Waals surface area contributed by atoms with Crippen LogP contribution in [0.2, 0.25) is 0 Å². The van der Waals surface area contributed by atoms with Gasteiger partial charge in [0.15, 0.2) is 9.84 Å². The van der Waals surface area contributed by atoms with Crippen LogP contribution in [-0.4, -0.2) is 31.9 Å². The molecule has 6 nitrogen and oxygen atoms in total. The number of nitrogens with zero attached hydrogens (tertiary/aromatic N) is 1. The van der Waals surface area contributed by atoms with Crippen molar-refractivity contribution in [3.05, 3.63) is 77.7 Å². The summed E-state index contributed by atoms with van der Waals surface area (Å²) in [6, 6.07) is 11.3. The minimum absolute atomic E-state index is 0.0842. The van der Waals surface area contributed by atoms with Crippen molar-refractivity contribution in [3.63, 3.8) is 0 Å². The number of aromatic nitrogens is 1. The molecule has 2 aromatic carbocycles. The van der Waals surface area contributed by atoms with Crippen LogP contribution in [0, 0.1) is 5.82 Å². The summed E-state index contributed by atoms with van der Waals surface area (Å²) in [7, 11) is -3.72. The predicted molar refractivity (Wildman–Crippen MR) is 107 cm³/mol. The van der Waals surface area contributed by atoms with Crippen LogP contribution in [0.3, 0.4) is 0 Å². The highest BCUT2D eigenvalue weighted by Gasteiger charge is 2.32. The number of halogens is 4. The number of para-hydroxylation sites is 1. The molecule has 1 N–H and O–H groups in total. The third kappa shape index (κ3) is 5.82. The summed E-state index contributed by atoms with van der Waals surface area (Å²) in [5.74, 6) is -1.77. The maximum atomic E-state index is 13.4. The number of nitrogens with one attached hydrogen (secondary N) is 1. The molecule has 0 spiro atoms. The minimum atomic E-state index is -4.87. The smallest absolute Gasteiger partial charge is 0.405 e. The lowest BCUT2D eigenvalue weighted by atomic mass is 10.1. The molecule has 0 unspecified atom stereocenters. The fourth-order valence-electron chi connectivity index (χ4n) is 2.88. The van der Waals surface area contributed by atoms with Crippen LogP contribution in [-0.2, 0) is 16.4 Å². The Balaban J connectivity index is 1.77. The maximum absolute atomic E-state index is 13.4. The summed E-state index contributed by atoms with van der Waals surface area (Å²) >= 11 is 0. The highest BCUT2D eigenvalue weighted by Crippen LogP contribution is 2.32. The van der Waals surface area contributed by atoms with E-state index in [9.17, 15) is 30.8 Å². The molecule has 0 bridgehead atoms. The van der Waals surface area contributed by atoms with Crippen LogP contribution in [0.15, 0.2) is 65.7 Å². The van der Waals surface area contributed by atoms with E-state index in [1.54, 1.807) is 0 Å². The highest BCUT2D eigenvalue weighted by molar-refractivity contribution is 7.90. The van der Waals surface area contributed by atoms with E-state index < -0.39 is 33.7 Å². The summed E-state index contributed by atoms with van der Waals surface area (Å²) in [5, 5.41) is 2.51. The minimum Gasteiger partial charge on any atom is -0.405 e. The molecule has 1 amide bonds. The van der Waals surface area contributed by atoms with Gasteiger partial charge in [0.1, 0.15) is 11.6 Å². The number of pyridine rings is 1. The molecule has 0 aliphatic rings. The molecule has 32 heavy (non-hydrogen) atoms. The first-order valence-corrected chi connectivity index (χ1v) is 10.9. The summed E-state index contributed by atoms with van der Waals surface area (Å²) in [5.41, 5.74) is 0.524. The second-order valence-corrected chi connectivity index (χ2v) is 8.67. The third-order valence-corrected chi connectivity index (χ3v) is 5.46. The molecule has 168 valence electrons. The molecule has 0 saturated heterocycles. The summed E-state index contributed by atoms with van der Waals surface area (Å²) in [4.78, 5) is 16.2. The average Bonchev–Trinajstić information content (AvgIpc) is 2.71. The Morgan fingerprint density at radius 3 is 2.44 bits per heavy atom. The van der Waals surface area contributed by atoms with Crippen molar-refractivity contribution in [3.8, 4) is 17.0 Å². The van der Waals surface area contributed by atoms with Gasteiger partial charge in [0, 0.05) is 24.6 Å². The fraction of sp³-hybridized carbons (Fsp3) is 0.143. The normalized spacial score (nSPS) is 11.8. The molecular formula is C21H16F4N2O4S. The molecule has 0 fully saturated rings. The molecular weight excluding hydrogens is 452 g/mol. The van der Waals surface area contributed by atoms with E-state index in [2.05, 4.69) is 15.0 Å².